The van der Waals surface area contributed by atoms with E-state index in [1.54, 1.807) is 18.9 Å². The van der Waals surface area contributed by atoms with Crippen molar-refractivity contribution in [2.75, 3.05) is 33.0 Å². The molecule has 11 atom stereocenters. The zero-order chi connectivity index (χ0) is 37.6. The molecule has 2 aliphatic heterocycles. The van der Waals surface area contributed by atoms with Crippen molar-refractivity contribution in [1.29, 1.82) is 0 Å². The molecule has 4 heterocycles. The van der Waals surface area contributed by atoms with E-state index in [1.807, 2.05) is 6.07 Å². The number of carboxylic acid groups (broad SMARTS) is 1. The molecule has 5 fully saturated rings. The highest BCUT2D eigenvalue weighted by atomic mass is 16.5. The van der Waals surface area contributed by atoms with Crippen LogP contribution in [0.2, 0.25) is 0 Å². The molecule has 11 heteroatoms. The van der Waals surface area contributed by atoms with Crippen LogP contribution in [0.15, 0.2) is 36.6 Å². The van der Waals surface area contributed by atoms with Crippen LogP contribution in [-0.4, -0.2) is 80.5 Å². The monoisotopic (exact) mass is 730 g/mol. The number of carboxylic acids is 1. The number of rotatable bonds is 8. The average Bonchev–Trinajstić information content (AvgIpc) is 3.61. The summed E-state index contributed by atoms with van der Waals surface area (Å²) in [6.45, 7) is 19.2. The molecule has 0 aromatic carbocycles. The van der Waals surface area contributed by atoms with Gasteiger partial charge in [0.1, 0.15) is 18.3 Å². The second kappa shape index (κ2) is 12.9. The van der Waals surface area contributed by atoms with E-state index in [2.05, 4.69) is 69.2 Å². The summed E-state index contributed by atoms with van der Waals surface area (Å²) in [6.07, 6.45) is 14.4. The Hall–Kier alpha value is -2.73. The number of allylic oxidation sites excluding steroid dienone is 1. The minimum atomic E-state index is -0.631. The lowest BCUT2D eigenvalue weighted by atomic mass is 9.34. The Morgan fingerprint density at radius 2 is 1.79 bits per heavy atom. The van der Waals surface area contributed by atoms with Crippen LogP contribution in [0.1, 0.15) is 106 Å². The minimum absolute atomic E-state index is 0.148. The van der Waals surface area contributed by atoms with Crippen LogP contribution in [0, 0.1) is 56.7 Å². The maximum absolute atomic E-state index is 13.6. The second-order valence-corrected chi connectivity index (χ2v) is 19.4. The normalized spacial score (nSPS) is 42.5. The van der Waals surface area contributed by atoms with E-state index in [0.29, 0.717) is 56.6 Å². The molecule has 4 aliphatic carbocycles. The Balaban J connectivity index is 1.23. The van der Waals surface area contributed by atoms with Gasteiger partial charge in [0.05, 0.1) is 37.9 Å². The quantitative estimate of drug-likeness (QED) is 0.279. The van der Waals surface area contributed by atoms with Crippen molar-refractivity contribution in [3.63, 3.8) is 0 Å². The molecule has 0 spiro atoms. The number of hydrogen-bond donors (Lipinski definition) is 2. The predicted octanol–water partition coefficient (Wildman–Crippen LogP) is 6.76. The van der Waals surface area contributed by atoms with Gasteiger partial charge in [-0.1, -0.05) is 60.1 Å². The third kappa shape index (κ3) is 5.36. The number of carbonyl (C=O) groups is 1. The van der Waals surface area contributed by atoms with Gasteiger partial charge < -0.3 is 25.1 Å². The topological polar surface area (TPSA) is 148 Å². The maximum Gasteiger partial charge on any atom is 0.307 e. The number of nitrogens with two attached hydrogens (primary N) is 1. The first-order chi connectivity index (χ1) is 25.1. The SMILES string of the molecule is CC(C)[C@@H](C)[C@@]1(C)CC[C@]2(C)[C@H]3CC[C@@H]4C5(COC[C@]4(C)[C@@H](OCC4(N)CCOCC4)[C@H](n4ncnc4-c4ccncn4)C5)C3=CC[C@@]2(C)[C@@H]1C(=O)O. The lowest BCUT2D eigenvalue weighted by Gasteiger charge is -2.71. The van der Waals surface area contributed by atoms with Crippen molar-refractivity contribution in [1.82, 2.24) is 24.7 Å². The van der Waals surface area contributed by atoms with Gasteiger partial charge in [0.15, 0.2) is 5.82 Å². The van der Waals surface area contributed by atoms with Gasteiger partial charge in [-0.15, -0.1) is 0 Å². The summed E-state index contributed by atoms with van der Waals surface area (Å²) in [5.41, 5.74) is 7.36. The van der Waals surface area contributed by atoms with Crippen LogP contribution in [0.5, 0.6) is 0 Å². The molecule has 3 N–H and O–H groups in total. The number of nitrogens with zero attached hydrogens (tertiary/aromatic N) is 5. The molecule has 290 valence electrons. The summed E-state index contributed by atoms with van der Waals surface area (Å²) >= 11 is 0. The number of fused-ring (bicyclic) bond motifs is 3. The van der Waals surface area contributed by atoms with Gasteiger partial charge in [-0.05, 0) is 97.3 Å². The van der Waals surface area contributed by atoms with Crippen LogP contribution in [0.3, 0.4) is 0 Å². The Labute approximate surface area is 315 Å². The number of ether oxygens (including phenoxy) is 3. The summed E-state index contributed by atoms with van der Waals surface area (Å²) in [6, 6.07) is 1.74. The molecule has 1 unspecified atom stereocenters. The first-order valence-electron chi connectivity index (χ1n) is 20.3. The Morgan fingerprint density at radius 3 is 2.49 bits per heavy atom. The van der Waals surface area contributed by atoms with Crippen molar-refractivity contribution in [2.24, 2.45) is 62.4 Å². The molecule has 8 rings (SSSR count). The van der Waals surface area contributed by atoms with Crippen LogP contribution in [0.25, 0.3) is 11.5 Å². The molecule has 6 aliphatic rings. The summed E-state index contributed by atoms with van der Waals surface area (Å²) in [5, 5.41) is 16.1. The summed E-state index contributed by atoms with van der Waals surface area (Å²) in [5.74, 6) is 0.964. The van der Waals surface area contributed by atoms with Crippen LogP contribution >= 0.6 is 0 Å². The van der Waals surface area contributed by atoms with Gasteiger partial charge in [0.25, 0.3) is 0 Å². The fraction of sp³-hybridized carbons (Fsp3) is 0.786. The number of hydrogen-bond acceptors (Lipinski definition) is 9. The maximum atomic E-state index is 13.6. The molecule has 2 aromatic heterocycles. The van der Waals surface area contributed by atoms with Gasteiger partial charge in [-0.3, -0.25) is 4.79 Å². The average molecular weight is 731 g/mol. The molecule has 3 saturated carbocycles. The smallest absolute Gasteiger partial charge is 0.307 e. The predicted molar refractivity (Wildman–Crippen MR) is 200 cm³/mol. The van der Waals surface area contributed by atoms with Gasteiger partial charge >= 0.3 is 5.97 Å². The molecule has 53 heavy (non-hydrogen) atoms. The van der Waals surface area contributed by atoms with Crippen LogP contribution < -0.4 is 5.73 Å². The van der Waals surface area contributed by atoms with Crippen molar-refractivity contribution >= 4 is 5.97 Å². The fourth-order valence-corrected chi connectivity index (χ4v) is 13.4. The molecule has 0 amide bonds. The highest BCUT2D eigenvalue weighted by Crippen LogP contribution is 2.75. The van der Waals surface area contributed by atoms with E-state index in [1.165, 1.54) is 5.57 Å². The van der Waals surface area contributed by atoms with E-state index in [-0.39, 0.29) is 45.1 Å². The lowest BCUT2D eigenvalue weighted by Crippen LogP contribution is -2.69. The number of aromatic nitrogens is 5. The molecule has 11 nitrogen and oxygen atoms in total. The summed E-state index contributed by atoms with van der Waals surface area (Å²) in [7, 11) is 0. The Morgan fingerprint density at radius 1 is 1.02 bits per heavy atom. The van der Waals surface area contributed by atoms with E-state index < -0.39 is 17.4 Å². The molecule has 2 bridgehead atoms. The third-order valence-corrected chi connectivity index (χ3v) is 16.8. The van der Waals surface area contributed by atoms with E-state index >= 15 is 0 Å². The molecular weight excluding hydrogens is 668 g/mol. The van der Waals surface area contributed by atoms with Gasteiger partial charge in [-0.2, -0.15) is 5.10 Å². The van der Waals surface area contributed by atoms with Crippen molar-refractivity contribution < 1.29 is 24.1 Å². The summed E-state index contributed by atoms with van der Waals surface area (Å²) in [4.78, 5) is 27.1. The van der Waals surface area contributed by atoms with E-state index in [4.69, 9.17) is 30.0 Å². The van der Waals surface area contributed by atoms with Crippen LogP contribution in [0.4, 0.5) is 0 Å². The zero-order valence-corrected chi connectivity index (χ0v) is 33.0. The first-order valence-corrected chi connectivity index (χ1v) is 20.3. The lowest BCUT2D eigenvalue weighted by molar-refractivity contribution is -0.253. The molecular formula is C42H62N6O5. The highest BCUT2D eigenvalue weighted by molar-refractivity contribution is 5.73. The second-order valence-electron chi connectivity index (χ2n) is 19.4. The van der Waals surface area contributed by atoms with Crippen LogP contribution in [-0.2, 0) is 19.0 Å². The Kier molecular flexibility index (Phi) is 9.07. The van der Waals surface area contributed by atoms with E-state index in [9.17, 15) is 9.90 Å². The van der Waals surface area contributed by atoms with E-state index in [0.717, 1.165) is 57.1 Å². The fourth-order valence-electron chi connectivity index (χ4n) is 13.4. The van der Waals surface area contributed by atoms with Gasteiger partial charge in [0.2, 0.25) is 0 Å². The van der Waals surface area contributed by atoms with Crippen molar-refractivity contribution in [3.05, 3.63) is 36.6 Å². The first kappa shape index (κ1) is 37.2. The third-order valence-electron chi connectivity index (χ3n) is 16.8. The van der Waals surface area contributed by atoms with Crippen molar-refractivity contribution in [3.8, 4) is 11.5 Å². The number of aliphatic carboxylic acids is 1. The molecule has 2 saturated heterocycles. The molecule has 2 aromatic rings. The zero-order valence-electron chi connectivity index (χ0n) is 33.0. The van der Waals surface area contributed by atoms with Gasteiger partial charge in [0, 0.05) is 35.8 Å². The van der Waals surface area contributed by atoms with Gasteiger partial charge in [-0.25, -0.2) is 19.6 Å². The minimum Gasteiger partial charge on any atom is -0.481 e. The summed E-state index contributed by atoms with van der Waals surface area (Å²) < 4.78 is 21.7. The highest BCUT2D eigenvalue weighted by Gasteiger charge is 2.72. The molecule has 0 radical (unpaired) electrons. The Bertz CT molecular complexity index is 1730. The largest absolute Gasteiger partial charge is 0.481 e. The standard InChI is InChI=1S/C42H62N6O5/c1-26(2)27(3)37(4)13-14-39(6)28-8-9-32-38(5)21-52-23-42(32,29(28)10-12-40(39,7)33(37)36(49)50)20-31(34(38)53-22-41(43)15-18-51-19-16-41)48-35(46-25-47-48)30-11-17-44-24-45-30/h10-11,17,24-28,31-34H,8-9,12-16,18-23,43H2,1-7H3,(H,49,50)/t27-,28+,31-,32+,33-,34+,37-,38+,39-,40+,42?/m1/s1. The van der Waals surface area contributed by atoms with Crippen molar-refractivity contribution in [2.45, 2.75) is 118 Å².